The van der Waals surface area contributed by atoms with E-state index in [0.29, 0.717) is 6.54 Å². The summed E-state index contributed by atoms with van der Waals surface area (Å²) in [5.74, 6) is 1.78. The first kappa shape index (κ1) is 15.6. The molecule has 1 unspecified atom stereocenters. The van der Waals surface area contributed by atoms with E-state index < -0.39 is 6.10 Å². The highest BCUT2D eigenvalue weighted by atomic mass is 35.5. The Morgan fingerprint density at radius 2 is 2.28 bits per heavy atom. The molecule has 0 aliphatic carbocycles. The molecule has 1 rings (SSSR count). The maximum atomic E-state index is 9.71. The van der Waals surface area contributed by atoms with Crippen LogP contribution in [0.1, 0.15) is 5.56 Å². The van der Waals surface area contributed by atoms with Gasteiger partial charge in [0, 0.05) is 23.9 Å². The average Bonchev–Trinajstić information content (AvgIpc) is 2.36. The minimum absolute atomic E-state index is 0.285. The molecule has 5 heteroatoms. The molecule has 0 heterocycles. The van der Waals surface area contributed by atoms with Gasteiger partial charge in [0.15, 0.2) is 0 Å². The summed E-state index contributed by atoms with van der Waals surface area (Å²) in [5.41, 5.74) is 0.974. The molecule has 0 saturated carbocycles. The third-order valence-electron chi connectivity index (χ3n) is 2.43. The SMILES string of the molecule is CSCCNCC(O)COc1ccc(Cl)c(C)c1. The van der Waals surface area contributed by atoms with Crippen LogP contribution < -0.4 is 10.1 Å². The van der Waals surface area contributed by atoms with Crippen LogP contribution >= 0.6 is 23.4 Å². The Labute approximate surface area is 118 Å². The van der Waals surface area contributed by atoms with Gasteiger partial charge in [-0.15, -0.1) is 0 Å². The number of hydrogen-bond donors (Lipinski definition) is 2. The fourth-order valence-electron chi connectivity index (χ4n) is 1.40. The highest BCUT2D eigenvalue weighted by Crippen LogP contribution is 2.20. The molecule has 3 nitrogen and oxygen atoms in total. The predicted octanol–water partition coefficient (Wildman–Crippen LogP) is 2.34. The van der Waals surface area contributed by atoms with Gasteiger partial charge in [0.05, 0.1) is 0 Å². The fourth-order valence-corrected chi connectivity index (χ4v) is 1.87. The Kier molecular flexibility index (Phi) is 7.51. The van der Waals surface area contributed by atoms with Crippen molar-refractivity contribution in [3.05, 3.63) is 28.8 Å². The number of aliphatic hydroxyl groups excluding tert-OH is 1. The van der Waals surface area contributed by atoms with Crippen molar-refractivity contribution in [2.24, 2.45) is 0 Å². The van der Waals surface area contributed by atoms with Crippen LogP contribution in [0.15, 0.2) is 18.2 Å². The minimum atomic E-state index is -0.497. The third kappa shape index (κ3) is 5.96. The van der Waals surface area contributed by atoms with Crippen molar-refractivity contribution in [2.45, 2.75) is 13.0 Å². The van der Waals surface area contributed by atoms with Gasteiger partial charge in [-0.05, 0) is 36.9 Å². The summed E-state index contributed by atoms with van der Waals surface area (Å²) in [6.07, 6.45) is 1.56. The molecule has 2 N–H and O–H groups in total. The Balaban J connectivity index is 2.24. The summed E-state index contributed by atoms with van der Waals surface area (Å²) in [7, 11) is 0. The topological polar surface area (TPSA) is 41.5 Å². The molecule has 0 amide bonds. The van der Waals surface area contributed by atoms with Crippen LogP contribution in [-0.2, 0) is 0 Å². The van der Waals surface area contributed by atoms with E-state index >= 15 is 0 Å². The van der Waals surface area contributed by atoms with E-state index in [1.807, 2.05) is 19.1 Å². The standard InChI is InChI=1S/C13H20ClNO2S/c1-10-7-12(3-4-13(10)14)17-9-11(16)8-15-5-6-18-2/h3-4,7,11,15-16H,5-6,8-9H2,1-2H3. The van der Waals surface area contributed by atoms with Crippen LogP contribution in [0.4, 0.5) is 0 Å². The molecule has 1 atom stereocenters. The smallest absolute Gasteiger partial charge is 0.119 e. The van der Waals surface area contributed by atoms with Gasteiger partial charge in [-0.25, -0.2) is 0 Å². The van der Waals surface area contributed by atoms with E-state index in [0.717, 1.165) is 28.6 Å². The summed E-state index contributed by atoms with van der Waals surface area (Å²) in [6.45, 7) is 3.66. The molecule has 0 radical (unpaired) electrons. The summed E-state index contributed by atoms with van der Waals surface area (Å²) >= 11 is 7.70. The maximum Gasteiger partial charge on any atom is 0.119 e. The zero-order valence-electron chi connectivity index (χ0n) is 10.8. The second-order valence-electron chi connectivity index (χ2n) is 4.07. The van der Waals surface area contributed by atoms with Crippen molar-refractivity contribution in [1.82, 2.24) is 5.32 Å². The molecule has 0 aliphatic rings. The van der Waals surface area contributed by atoms with Crippen LogP contribution in [0.5, 0.6) is 5.75 Å². The van der Waals surface area contributed by atoms with Gasteiger partial charge in [-0.1, -0.05) is 11.6 Å². The Hall–Kier alpha value is -0.420. The highest BCUT2D eigenvalue weighted by molar-refractivity contribution is 7.98. The lowest BCUT2D eigenvalue weighted by molar-refractivity contribution is 0.107. The second-order valence-corrected chi connectivity index (χ2v) is 5.47. The lowest BCUT2D eigenvalue weighted by Crippen LogP contribution is -2.32. The molecule has 0 fully saturated rings. The Bertz CT molecular complexity index is 363. The lowest BCUT2D eigenvalue weighted by Gasteiger charge is -2.13. The van der Waals surface area contributed by atoms with Crippen LogP contribution in [0.25, 0.3) is 0 Å². The van der Waals surface area contributed by atoms with Gasteiger partial charge in [-0.3, -0.25) is 0 Å². The van der Waals surface area contributed by atoms with Gasteiger partial charge in [0.1, 0.15) is 18.5 Å². The van der Waals surface area contributed by atoms with E-state index in [1.54, 1.807) is 17.8 Å². The molecule has 0 saturated heterocycles. The number of aryl methyl sites for hydroxylation is 1. The van der Waals surface area contributed by atoms with Gasteiger partial charge in [0.2, 0.25) is 0 Å². The van der Waals surface area contributed by atoms with Gasteiger partial charge in [0.25, 0.3) is 0 Å². The molecular formula is C13H20ClNO2S. The van der Waals surface area contributed by atoms with E-state index in [1.165, 1.54) is 0 Å². The second kappa shape index (κ2) is 8.64. The number of thioether (sulfide) groups is 1. The van der Waals surface area contributed by atoms with Crippen molar-refractivity contribution in [3.8, 4) is 5.75 Å². The predicted molar refractivity (Wildman–Crippen MR) is 78.9 cm³/mol. The minimum Gasteiger partial charge on any atom is -0.491 e. The molecule has 1 aromatic rings. The van der Waals surface area contributed by atoms with E-state index in [2.05, 4.69) is 11.6 Å². The van der Waals surface area contributed by atoms with E-state index in [4.69, 9.17) is 16.3 Å². The molecule has 0 aliphatic heterocycles. The number of halogens is 1. The van der Waals surface area contributed by atoms with Crippen molar-refractivity contribution >= 4 is 23.4 Å². The van der Waals surface area contributed by atoms with Gasteiger partial charge >= 0.3 is 0 Å². The number of nitrogens with one attached hydrogen (secondary N) is 1. The molecule has 102 valence electrons. The van der Waals surface area contributed by atoms with Crippen molar-refractivity contribution in [3.63, 3.8) is 0 Å². The van der Waals surface area contributed by atoms with E-state index in [9.17, 15) is 5.11 Å². The average molecular weight is 290 g/mol. The number of rotatable bonds is 8. The summed E-state index contributed by atoms with van der Waals surface area (Å²) in [5, 5.41) is 13.6. The summed E-state index contributed by atoms with van der Waals surface area (Å²) in [4.78, 5) is 0. The van der Waals surface area contributed by atoms with Crippen molar-refractivity contribution in [1.29, 1.82) is 0 Å². The molecular weight excluding hydrogens is 270 g/mol. The van der Waals surface area contributed by atoms with Crippen LogP contribution in [-0.4, -0.2) is 42.9 Å². The first-order valence-electron chi connectivity index (χ1n) is 5.90. The summed E-state index contributed by atoms with van der Waals surface area (Å²) in [6, 6.07) is 5.48. The first-order valence-corrected chi connectivity index (χ1v) is 7.67. The number of aliphatic hydroxyl groups is 1. The fraction of sp³-hybridized carbons (Fsp3) is 0.538. The molecule has 1 aromatic carbocycles. The quantitative estimate of drug-likeness (QED) is 0.721. The van der Waals surface area contributed by atoms with E-state index in [-0.39, 0.29) is 6.61 Å². The molecule has 0 aromatic heterocycles. The van der Waals surface area contributed by atoms with Crippen molar-refractivity contribution in [2.75, 3.05) is 31.7 Å². The zero-order chi connectivity index (χ0) is 13.4. The highest BCUT2D eigenvalue weighted by Gasteiger charge is 2.05. The van der Waals surface area contributed by atoms with Gasteiger partial charge in [-0.2, -0.15) is 11.8 Å². The molecule has 0 spiro atoms. The Morgan fingerprint density at radius 3 is 2.94 bits per heavy atom. The largest absolute Gasteiger partial charge is 0.491 e. The first-order chi connectivity index (χ1) is 8.63. The monoisotopic (exact) mass is 289 g/mol. The number of benzene rings is 1. The van der Waals surface area contributed by atoms with Crippen LogP contribution in [0, 0.1) is 6.92 Å². The Morgan fingerprint density at radius 1 is 1.50 bits per heavy atom. The number of ether oxygens (including phenoxy) is 1. The maximum absolute atomic E-state index is 9.71. The van der Waals surface area contributed by atoms with Crippen LogP contribution in [0.3, 0.4) is 0 Å². The lowest BCUT2D eigenvalue weighted by atomic mass is 10.2. The third-order valence-corrected chi connectivity index (χ3v) is 3.47. The van der Waals surface area contributed by atoms with Crippen molar-refractivity contribution < 1.29 is 9.84 Å². The molecule has 18 heavy (non-hydrogen) atoms. The molecule has 0 bridgehead atoms. The zero-order valence-corrected chi connectivity index (χ0v) is 12.4. The normalized spacial score (nSPS) is 12.4. The van der Waals surface area contributed by atoms with Gasteiger partial charge < -0.3 is 15.2 Å². The summed E-state index contributed by atoms with van der Waals surface area (Å²) < 4.78 is 5.51. The van der Waals surface area contributed by atoms with Crippen LogP contribution in [0.2, 0.25) is 5.02 Å². The number of hydrogen-bond acceptors (Lipinski definition) is 4.